The summed E-state index contributed by atoms with van der Waals surface area (Å²) in [6.45, 7) is 1.91. The fourth-order valence-corrected chi connectivity index (χ4v) is 3.36. The summed E-state index contributed by atoms with van der Waals surface area (Å²) in [4.78, 5) is 24.5. The summed E-state index contributed by atoms with van der Waals surface area (Å²) in [6.07, 6.45) is 1.58. The highest BCUT2D eigenvalue weighted by atomic mass is 35.5. The maximum absolute atomic E-state index is 12.5. The van der Waals surface area contributed by atoms with Crippen LogP contribution in [-0.2, 0) is 11.8 Å². The highest BCUT2D eigenvalue weighted by Gasteiger charge is 2.12. The number of amides is 2. The summed E-state index contributed by atoms with van der Waals surface area (Å²) in [7, 11) is 1.82. The third-order valence-corrected chi connectivity index (χ3v) is 5.44. The van der Waals surface area contributed by atoms with Gasteiger partial charge in [0.1, 0.15) is 6.33 Å². The fraction of sp³-hybridized carbons (Fsp3) is 0.200. The molecular formula is C20H20ClN5O2S. The van der Waals surface area contributed by atoms with Gasteiger partial charge in [0.2, 0.25) is 5.91 Å². The smallest absolute Gasteiger partial charge is 0.251 e. The molecule has 29 heavy (non-hydrogen) atoms. The van der Waals surface area contributed by atoms with E-state index in [-0.39, 0.29) is 23.6 Å². The molecular weight excluding hydrogens is 410 g/mol. The van der Waals surface area contributed by atoms with Gasteiger partial charge in [-0.05, 0) is 48.9 Å². The normalized spacial score (nSPS) is 11.7. The van der Waals surface area contributed by atoms with Crippen LogP contribution in [0.1, 0.15) is 28.9 Å². The van der Waals surface area contributed by atoms with E-state index in [0.29, 0.717) is 21.4 Å². The first-order valence-corrected chi connectivity index (χ1v) is 10.2. The molecule has 0 aliphatic carbocycles. The second-order valence-electron chi connectivity index (χ2n) is 6.39. The molecule has 1 heterocycles. The number of benzene rings is 2. The van der Waals surface area contributed by atoms with Crippen LogP contribution >= 0.6 is 23.4 Å². The van der Waals surface area contributed by atoms with Gasteiger partial charge in [-0.3, -0.25) is 9.59 Å². The summed E-state index contributed by atoms with van der Waals surface area (Å²) in [5, 5.41) is 14.8. The van der Waals surface area contributed by atoms with E-state index in [2.05, 4.69) is 20.8 Å². The van der Waals surface area contributed by atoms with Crippen molar-refractivity contribution in [3.05, 3.63) is 71.0 Å². The molecule has 0 saturated heterocycles. The van der Waals surface area contributed by atoms with Crippen molar-refractivity contribution in [1.82, 2.24) is 20.1 Å². The molecule has 0 saturated carbocycles. The number of halogens is 1. The van der Waals surface area contributed by atoms with Gasteiger partial charge in [-0.25, -0.2) is 0 Å². The Morgan fingerprint density at radius 3 is 2.45 bits per heavy atom. The first-order valence-electron chi connectivity index (χ1n) is 8.85. The molecule has 0 bridgehead atoms. The number of anilines is 1. The molecule has 0 unspecified atom stereocenters. The summed E-state index contributed by atoms with van der Waals surface area (Å²) < 4.78 is 1.75. The van der Waals surface area contributed by atoms with Gasteiger partial charge in [0.25, 0.3) is 5.91 Å². The molecule has 0 aliphatic rings. The van der Waals surface area contributed by atoms with Crippen molar-refractivity contribution in [1.29, 1.82) is 0 Å². The van der Waals surface area contributed by atoms with Gasteiger partial charge in [-0.15, -0.1) is 10.2 Å². The lowest BCUT2D eigenvalue weighted by molar-refractivity contribution is -0.113. The zero-order valence-corrected chi connectivity index (χ0v) is 17.5. The Morgan fingerprint density at radius 2 is 1.83 bits per heavy atom. The predicted molar refractivity (Wildman–Crippen MR) is 114 cm³/mol. The Hall–Kier alpha value is -2.84. The molecule has 9 heteroatoms. The number of hydrogen-bond donors (Lipinski definition) is 2. The average molecular weight is 430 g/mol. The number of aromatic nitrogens is 3. The monoisotopic (exact) mass is 429 g/mol. The van der Waals surface area contributed by atoms with Gasteiger partial charge in [-0.2, -0.15) is 0 Å². The molecule has 0 spiro atoms. The lowest BCUT2D eigenvalue weighted by Crippen LogP contribution is -2.26. The molecule has 1 atom stereocenters. The lowest BCUT2D eigenvalue weighted by Gasteiger charge is -2.14. The van der Waals surface area contributed by atoms with Crippen molar-refractivity contribution in [3.63, 3.8) is 0 Å². The third kappa shape index (κ3) is 5.82. The first-order chi connectivity index (χ1) is 13.9. The molecule has 0 fully saturated rings. The summed E-state index contributed by atoms with van der Waals surface area (Å²) in [6, 6.07) is 13.9. The van der Waals surface area contributed by atoms with Crippen LogP contribution in [0.4, 0.5) is 5.69 Å². The Morgan fingerprint density at radius 1 is 1.14 bits per heavy atom. The van der Waals surface area contributed by atoms with Gasteiger partial charge in [-0.1, -0.05) is 35.5 Å². The minimum atomic E-state index is -0.192. The van der Waals surface area contributed by atoms with Crippen LogP contribution in [-0.4, -0.2) is 32.3 Å². The van der Waals surface area contributed by atoms with Crippen LogP contribution in [0.5, 0.6) is 0 Å². The van der Waals surface area contributed by atoms with Crippen molar-refractivity contribution in [2.45, 2.75) is 18.1 Å². The number of rotatable bonds is 7. The molecule has 1 aromatic heterocycles. The van der Waals surface area contributed by atoms with Gasteiger partial charge < -0.3 is 15.2 Å². The van der Waals surface area contributed by atoms with E-state index in [1.54, 1.807) is 47.3 Å². The van der Waals surface area contributed by atoms with Crippen molar-refractivity contribution < 1.29 is 9.59 Å². The number of hydrogen-bond acceptors (Lipinski definition) is 5. The molecule has 0 aliphatic heterocycles. The standard InChI is InChI=1S/C20H20ClN5O2S/c1-13(14-3-7-16(21)8-4-14)23-19(28)15-5-9-17(10-6-15)24-18(27)11-29-20-25-22-12-26(20)2/h3-10,12-13H,11H2,1-2H3,(H,23,28)(H,24,27)/t13-/m1/s1. The summed E-state index contributed by atoms with van der Waals surface area (Å²) >= 11 is 7.20. The SMILES string of the molecule is C[C@@H](NC(=O)c1ccc(NC(=O)CSc2nncn2C)cc1)c1ccc(Cl)cc1. The van der Waals surface area contributed by atoms with E-state index in [4.69, 9.17) is 11.6 Å². The van der Waals surface area contributed by atoms with E-state index in [1.165, 1.54) is 11.8 Å². The second-order valence-corrected chi connectivity index (χ2v) is 7.76. The molecule has 150 valence electrons. The Labute approximate surface area is 177 Å². The third-order valence-electron chi connectivity index (χ3n) is 4.15. The number of nitrogens with zero attached hydrogens (tertiary/aromatic N) is 3. The van der Waals surface area contributed by atoms with Crippen molar-refractivity contribution in [2.24, 2.45) is 7.05 Å². The molecule has 2 aromatic carbocycles. The van der Waals surface area contributed by atoms with E-state index < -0.39 is 0 Å². The Balaban J connectivity index is 1.52. The van der Waals surface area contributed by atoms with E-state index in [0.717, 1.165) is 5.56 Å². The van der Waals surface area contributed by atoms with Crippen molar-refractivity contribution in [2.75, 3.05) is 11.1 Å². The van der Waals surface area contributed by atoms with Gasteiger partial charge in [0.05, 0.1) is 11.8 Å². The number of carbonyl (C=O) groups is 2. The molecule has 0 radical (unpaired) electrons. The number of nitrogens with one attached hydrogen (secondary N) is 2. The van der Waals surface area contributed by atoms with Crippen LogP contribution in [0.25, 0.3) is 0 Å². The lowest BCUT2D eigenvalue weighted by atomic mass is 10.1. The highest BCUT2D eigenvalue weighted by molar-refractivity contribution is 7.99. The van der Waals surface area contributed by atoms with Crippen LogP contribution in [0, 0.1) is 0 Å². The Kier molecular flexibility index (Phi) is 6.90. The summed E-state index contributed by atoms with van der Waals surface area (Å²) in [5.74, 6) is -0.136. The molecule has 2 amide bonds. The van der Waals surface area contributed by atoms with Crippen LogP contribution in [0.3, 0.4) is 0 Å². The predicted octanol–water partition coefficient (Wildman–Crippen LogP) is 3.69. The highest BCUT2D eigenvalue weighted by Crippen LogP contribution is 2.18. The summed E-state index contributed by atoms with van der Waals surface area (Å²) in [5.41, 5.74) is 2.10. The average Bonchev–Trinajstić information content (AvgIpc) is 3.12. The zero-order chi connectivity index (χ0) is 20.8. The van der Waals surface area contributed by atoms with Gasteiger partial charge in [0, 0.05) is 23.3 Å². The second kappa shape index (κ2) is 9.58. The molecule has 3 aromatic rings. The quantitative estimate of drug-likeness (QED) is 0.559. The van der Waals surface area contributed by atoms with Crippen LogP contribution < -0.4 is 10.6 Å². The van der Waals surface area contributed by atoms with Gasteiger partial charge >= 0.3 is 0 Å². The van der Waals surface area contributed by atoms with Gasteiger partial charge in [0.15, 0.2) is 5.16 Å². The minimum absolute atomic E-state index is 0.156. The van der Waals surface area contributed by atoms with E-state index >= 15 is 0 Å². The van der Waals surface area contributed by atoms with E-state index in [9.17, 15) is 9.59 Å². The fourth-order valence-electron chi connectivity index (χ4n) is 2.55. The van der Waals surface area contributed by atoms with Crippen molar-refractivity contribution >= 4 is 40.9 Å². The first kappa shape index (κ1) is 20.9. The van der Waals surface area contributed by atoms with Crippen LogP contribution in [0.15, 0.2) is 60.0 Å². The topological polar surface area (TPSA) is 88.9 Å². The number of carbonyl (C=O) groups excluding carboxylic acids is 2. The minimum Gasteiger partial charge on any atom is -0.346 e. The maximum atomic E-state index is 12.5. The largest absolute Gasteiger partial charge is 0.346 e. The van der Waals surface area contributed by atoms with Crippen LogP contribution in [0.2, 0.25) is 5.02 Å². The Bertz CT molecular complexity index is 989. The number of aryl methyl sites for hydroxylation is 1. The maximum Gasteiger partial charge on any atom is 0.251 e. The van der Waals surface area contributed by atoms with Crippen molar-refractivity contribution in [3.8, 4) is 0 Å². The zero-order valence-electron chi connectivity index (χ0n) is 15.9. The molecule has 3 rings (SSSR count). The molecule has 2 N–H and O–H groups in total. The van der Waals surface area contributed by atoms with E-state index in [1.807, 2.05) is 26.1 Å². The molecule has 7 nitrogen and oxygen atoms in total. The number of thioether (sulfide) groups is 1.